The molecule has 3 aromatic carbocycles. The minimum absolute atomic E-state index is 0.273. The lowest BCUT2D eigenvalue weighted by Crippen LogP contribution is -2.60. The molecule has 0 fully saturated rings. The van der Waals surface area contributed by atoms with Gasteiger partial charge in [-0.3, -0.25) is 14.5 Å². The molecule has 5 rings (SSSR count). The van der Waals surface area contributed by atoms with Gasteiger partial charge in [-0.2, -0.15) is 0 Å². The van der Waals surface area contributed by atoms with Crippen LogP contribution in [0, 0.1) is 0 Å². The molecular formula is C21H14N2O3. The van der Waals surface area contributed by atoms with Crippen LogP contribution in [0.4, 0.5) is 11.4 Å². The third kappa shape index (κ3) is 1.80. The zero-order valence-corrected chi connectivity index (χ0v) is 13.7. The molecule has 26 heavy (non-hydrogen) atoms. The summed E-state index contributed by atoms with van der Waals surface area (Å²) in [6.07, 6.45) is 0. The number of hydrogen-bond acceptors (Lipinski definition) is 3. The number of ether oxygens (including phenoxy) is 1. The lowest BCUT2D eigenvalue weighted by atomic mass is 9.96. The van der Waals surface area contributed by atoms with Crippen LogP contribution in [0.15, 0.2) is 78.9 Å². The molecule has 1 spiro atoms. The van der Waals surface area contributed by atoms with E-state index in [1.54, 1.807) is 42.5 Å². The van der Waals surface area contributed by atoms with E-state index in [2.05, 4.69) is 5.32 Å². The molecule has 0 aliphatic carbocycles. The Morgan fingerprint density at radius 2 is 1.50 bits per heavy atom. The summed E-state index contributed by atoms with van der Waals surface area (Å²) in [5, 5.41) is 2.85. The molecule has 2 amide bonds. The van der Waals surface area contributed by atoms with Crippen LogP contribution in [-0.4, -0.2) is 11.8 Å². The molecule has 0 saturated carbocycles. The van der Waals surface area contributed by atoms with E-state index in [-0.39, 0.29) is 11.8 Å². The molecule has 2 aliphatic heterocycles. The van der Waals surface area contributed by atoms with Crippen LogP contribution < -0.4 is 15.0 Å². The van der Waals surface area contributed by atoms with Gasteiger partial charge in [0.15, 0.2) is 0 Å². The summed E-state index contributed by atoms with van der Waals surface area (Å²) in [5.74, 6) is -0.258. The molecule has 2 heterocycles. The summed E-state index contributed by atoms with van der Waals surface area (Å²) in [5.41, 5.74) is 0.726. The number of hydrogen-bond donors (Lipinski definition) is 1. The molecule has 0 aromatic heterocycles. The van der Waals surface area contributed by atoms with Crippen molar-refractivity contribution in [2.75, 3.05) is 10.2 Å². The van der Waals surface area contributed by atoms with E-state index in [1.807, 2.05) is 36.4 Å². The van der Waals surface area contributed by atoms with Crippen LogP contribution in [0.3, 0.4) is 0 Å². The number of benzene rings is 3. The highest BCUT2D eigenvalue weighted by molar-refractivity contribution is 6.18. The quantitative estimate of drug-likeness (QED) is 0.736. The fourth-order valence-corrected chi connectivity index (χ4v) is 3.62. The van der Waals surface area contributed by atoms with Crippen LogP contribution in [0.1, 0.15) is 15.9 Å². The second-order valence-corrected chi connectivity index (χ2v) is 6.22. The molecular weight excluding hydrogens is 328 g/mol. The first-order valence-corrected chi connectivity index (χ1v) is 8.30. The second-order valence-electron chi connectivity index (χ2n) is 6.22. The van der Waals surface area contributed by atoms with Gasteiger partial charge >= 0.3 is 0 Å². The Morgan fingerprint density at radius 3 is 2.35 bits per heavy atom. The van der Waals surface area contributed by atoms with E-state index in [0.717, 1.165) is 0 Å². The van der Waals surface area contributed by atoms with Crippen molar-refractivity contribution in [3.05, 3.63) is 90.0 Å². The first kappa shape index (κ1) is 14.7. The number of carbonyl (C=O) groups is 2. The molecule has 5 heteroatoms. The normalized spacial score (nSPS) is 20.4. The molecule has 0 bridgehead atoms. The fourth-order valence-electron chi connectivity index (χ4n) is 3.62. The predicted octanol–water partition coefficient (Wildman–Crippen LogP) is 3.53. The summed E-state index contributed by atoms with van der Waals surface area (Å²) in [6.45, 7) is 0. The number of carbonyl (C=O) groups excluding carboxylic acids is 2. The highest BCUT2D eigenvalue weighted by Gasteiger charge is 2.59. The van der Waals surface area contributed by atoms with Gasteiger partial charge in [-0.1, -0.05) is 48.5 Å². The van der Waals surface area contributed by atoms with Crippen molar-refractivity contribution in [2.45, 2.75) is 5.72 Å². The van der Waals surface area contributed by atoms with Crippen molar-refractivity contribution >= 4 is 23.2 Å². The van der Waals surface area contributed by atoms with E-state index < -0.39 is 5.72 Å². The average Bonchev–Trinajstić information content (AvgIpc) is 2.95. The number of rotatable bonds is 1. The molecule has 1 N–H and O–H groups in total. The molecule has 2 aliphatic rings. The van der Waals surface area contributed by atoms with E-state index in [1.165, 1.54) is 4.90 Å². The van der Waals surface area contributed by atoms with Crippen LogP contribution in [0.2, 0.25) is 0 Å². The van der Waals surface area contributed by atoms with Gasteiger partial charge in [-0.05, 0) is 30.3 Å². The Labute approximate surface area is 149 Å². The minimum atomic E-state index is -1.57. The lowest BCUT2D eigenvalue weighted by Gasteiger charge is -2.43. The van der Waals surface area contributed by atoms with Gasteiger partial charge < -0.3 is 10.1 Å². The van der Waals surface area contributed by atoms with Gasteiger partial charge in [0.25, 0.3) is 17.5 Å². The molecule has 0 radical (unpaired) electrons. The maximum atomic E-state index is 13.4. The lowest BCUT2D eigenvalue weighted by molar-refractivity contribution is -0.131. The second kappa shape index (κ2) is 5.20. The molecule has 0 saturated heterocycles. The van der Waals surface area contributed by atoms with Crippen LogP contribution >= 0.6 is 0 Å². The van der Waals surface area contributed by atoms with Crippen LogP contribution in [-0.2, 0) is 10.5 Å². The highest BCUT2D eigenvalue weighted by atomic mass is 16.5. The van der Waals surface area contributed by atoms with Crippen LogP contribution in [0.25, 0.3) is 0 Å². The Balaban J connectivity index is 1.83. The number of amides is 2. The number of nitrogens with one attached hydrogen (secondary N) is 1. The van der Waals surface area contributed by atoms with Gasteiger partial charge in [0.2, 0.25) is 0 Å². The summed E-state index contributed by atoms with van der Waals surface area (Å²) in [4.78, 5) is 28.0. The summed E-state index contributed by atoms with van der Waals surface area (Å²) < 4.78 is 6.25. The van der Waals surface area contributed by atoms with Crippen molar-refractivity contribution in [3.63, 3.8) is 0 Å². The van der Waals surface area contributed by atoms with Gasteiger partial charge in [0.1, 0.15) is 5.75 Å². The summed E-state index contributed by atoms with van der Waals surface area (Å²) >= 11 is 0. The molecule has 5 nitrogen and oxygen atoms in total. The standard InChI is InChI=1S/C21H14N2O3/c24-19-15-10-4-7-13-18(15)26-21(23(19)14-8-2-1-3-9-14)16-11-5-6-12-17(16)22-20(21)25/h1-13H,(H,22,25)/t21-/m0/s1. The molecule has 3 aromatic rings. The Kier molecular flexibility index (Phi) is 2.94. The first-order valence-electron chi connectivity index (χ1n) is 8.30. The maximum Gasteiger partial charge on any atom is 0.297 e. The zero-order valence-electron chi connectivity index (χ0n) is 13.7. The Morgan fingerprint density at radius 1 is 0.808 bits per heavy atom. The van der Waals surface area contributed by atoms with Crippen molar-refractivity contribution in [1.82, 2.24) is 0 Å². The predicted molar refractivity (Wildman–Crippen MR) is 97.1 cm³/mol. The maximum absolute atomic E-state index is 13.4. The van der Waals surface area contributed by atoms with E-state index in [4.69, 9.17) is 4.74 Å². The van der Waals surface area contributed by atoms with E-state index >= 15 is 0 Å². The summed E-state index contributed by atoms with van der Waals surface area (Å²) in [6, 6.07) is 23.4. The van der Waals surface area contributed by atoms with E-state index in [0.29, 0.717) is 28.3 Å². The van der Waals surface area contributed by atoms with Crippen molar-refractivity contribution < 1.29 is 14.3 Å². The van der Waals surface area contributed by atoms with Gasteiger partial charge in [0.05, 0.1) is 16.8 Å². The average molecular weight is 342 g/mol. The van der Waals surface area contributed by atoms with Gasteiger partial charge in [0, 0.05) is 5.69 Å². The Hall–Kier alpha value is -3.60. The fraction of sp³-hybridized carbons (Fsp3) is 0.0476. The topological polar surface area (TPSA) is 58.6 Å². The summed E-state index contributed by atoms with van der Waals surface area (Å²) in [7, 11) is 0. The highest BCUT2D eigenvalue weighted by Crippen LogP contribution is 2.48. The van der Waals surface area contributed by atoms with Crippen molar-refractivity contribution in [2.24, 2.45) is 0 Å². The molecule has 126 valence electrons. The molecule has 0 unspecified atom stereocenters. The number of fused-ring (bicyclic) bond motifs is 3. The number of para-hydroxylation sites is 3. The number of nitrogens with zero attached hydrogens (tertiary/aromatic N) is 1. The monoisotopic (exact) mass is 342 g/mol. The van der Waals surface area contributed by atoms with Crippen molar-refractivity contribution in [3.8, 4) is 5.75 Å². The smallest absolute Gasteiger partial charge is 0.297 e. The molecule has 1 atom stereocenters. The largest absolute Gasteiger partial charge is 0.453 e. The minimum Gasteiger partial charge on any atom is -0.453 e. The van der Waals surface area contributed by atoms with Gasteiger partial charge in [-0.25, -0.2) is 0 Å². The SMILES string of the molecule is O=C1c2ccccc2O[C@@]2(C(=O)Nc3ccccc32)N1c1ccccc1. The number of anilines is 2. The first-order chi connectivity index (χ1) is 12.7. The van der Waals surface area contributed by atoms with E-state index in [9.17, 15) is 9.59 Å². The zero-order chi connectivity index (χ0) is 17.7. The third-order valence-electron chi connectivity index (χ3n) is 4.76. The third-order valence-corrected chi connectivity index (χ3v) is 4.76. The van der Waals surface area contributed by atoms with Crippen LogP contribution in [0.5, 0.6) is 5.75 Å². The van der Waals surface area contributed by atoms with Crippen molar-refractivity contribution in [1.29, 1.82) is 0 Å². The van der Waals surface area contributed by atoms with Gasteiger partial charge in [-0.15, -0.1) is 0 Å². The Bertz CT molecular complexity index is 1050.